The van der Waals surface area contributed by atoms with Crippen molar-refractivity contribution in [3.05, 3.63) is 23.8 Å². The van der Waals surface area contributed by atoms with Crippen molar-refractivity contribution in [2.45, 2.75) is 51.0 Å². The second kappa shape index (κ2) is 5.73. The van der Waals surface area contributed by atoms with Crippen LogP contribution < -0.4 is 9.47 Å². The SMILES string of the molecule is COc1cccc(OC(C)C)c1C1(C(=O)O)CCCC1. The van der Waals surface area contributed by atoms with Gasteiger partial charge in [0.1, 0.15) is 11.5 Å². The van der Waals surface area contributed by atoms with Crippen LogP contribution in [0.4, 0.5) is 0 Å². The fourth-order valence-electron chi connectivity index (χ4n) is 3.05. The first-order valence-corrected chi connectivity index (χ1v) is 7.09. The summed E-state index contributed by atoms with van der Waals surface area (Å²) in [6, 6.07) is 5.48. The van der Waals surface area contributed by atoms with Crippen molar-refractivity contribution >= 4 is 5.97 Å². The van der Waals surface area contributed by atoms with Crippen LogP contribution in [0.15, 0.2) is 18.2 Å². The Morgan fingerprint density at radius 3 is 2.35 bits per heavy atom. The molecule has 0 unspecified atom stereocenters. The van der Waals surface area contributed by atoms with Crippen molar-refractivity contribution in [1.29, 1.82) is 0 Å². The average Bonchev–Trinajstić information content (AvgIpc) is 2.88. The van der Waals surface area contributed by atoms with Crippen LogP contribution in [0, 0.1) is 0 Å². The first kappa shape index (κ1) is 14.7. The summed E-state index contributed by atoms with van der Waals surface area (Å²) in [4.78, 5) is 11.9. The molecule has 1 aromatic rings. The predicted molar refractivity (Wildman–Crippen MR) is 76.5 cm³/mol. The molecule has 0 spiro atoms. The Bertz CT molecular complexity index is 487. The molecule has 20 heavy (non-hydrogen) atoms. The van der Waals surface area contributed by atoms with Crippen LogP contribution in [0.1, 0.15) is 45.1 Å². The van der Waals surface area contributed by atoms with Crippen molar-refractivity contribution in [2.24, 2.45) is 0 Å². The van der Waals surface area contributed by atoms with Gasteiger partial charge in [-0.1, -0.05) is 18.9 Å². The largest absolute Gasteiger partial charge is 0.496 e. The number of carbonyl (C=O) groups is 1. The quantitative estimate of drug-likeness (QED) is 0.897. The van der Waals surface area contributed by atoms with Crippen molar-refractivity contribution in [1.82, 2.24) is 0 Å². The topological polar surface area (TPSA) is 55.8 Å². The van der Waals surface area contributed by atoms with Gasteiger partial charge >= 0.3 is 5.97 Å². The van der Waals surface area contributed by atoms with Crippen LogP contribution >= 0.6 is 0 Å². The number of ether oxygens (including phenoxy) is 2. The van der Waals surface area contributed by atoms with E-state index in [-0.39, 0.29) is 6.10 Å². The fourth-order valence-corrected chi connectivity index (χ4v) is 3.05. The monoisotopic (exact) mass is 278 g/mol. The Morgan fingerprint density at radius 2 is 1.85 bits per heavy atom. The molecule has 0 aromatic heterocycles. The van der Waals surface area contributed by atoms with Crippen LogP contribution in [0.3, 0.4) is 0 Å². The molecule has 4 heteroatoms. The Kier molecular flexibility index (Phi) is 4.21. The van der Waals surface area contributed by atoms with Gasteiger partial charge in [-0.2, -0.15) is 0 Å². The number of benzene rings is 1. The van der Waals surface area contributed by atoms with Crippen LogP contribution in [-0.2, 0) is 10.2 Å². The van der Waals surface area contributed by atoms with Gasteiger partial charge in [-0.25, -0.2) is 0 Å². The van der Waals surface area contributed by atoms with Crippen LogP contribution in [0.5, 0.6) is 11.5 Å². The number of carboxylic acids is 1. The lowest BCUT2D eigenvalue weighted by molar-refractivity contribution is -0.143. The van der Waals surface area contributed by atoms with E-state index in [9.17, 15) is 9.90 Å². The molecule has 1 saturated carbocycles. The number of rotatable bonds is 5. The molecule has 0 radical (unpaired) electrons. The summed E-state index contributed by atoms with van der Waals surface area (Å²) >= 11 is 0. The minimum Gasteiger partial charge on any atom is -0.496 e. The highest BCUT2D eigenvalue weighted by atomic mass is 16.5. The Balaban J connectivity index is 2.59. The van der Waals surface area contributed by atoms with Gasteiger partial charge in [0.05, 0.1) is 24.2 Å². The van der Waals surface area contributed by atoms with E-state index < -0.39 is 11.4 Å². The van der Waals surface area contributed by atoms with Gasteiger partial charge in [-0.05, 0) is 38.8 Å². The summed E-state index contributed by atoms with van der Waals surface area (Å²) in [7, 11) is 1.57. The van der Waals surface area contributed by atoms with Crippen molar-refractivity contribution < 1.29 is 19.4 Å². The molecule has 1 fully saturated rings. The molecule has 0 heterocycles. The van der Waals surface area contributed by atoms with Crippen LogP contribution in [0.2, 0.25) is 0 Å². The maximum atomic E-state index is 11.9. The first-order valence-electron chi connectivity index (χ1n) is 7.09. The molecule has 2 rings (SSSR count). The van der Waals surface area contributed by atoms with Gasteiger partial charge in [0.25, 0.3) is 0 Å². The number of hydrogen-bond acceptors (Lipinski definition) is 3. The van der Waals surface area contributed by atoms with Gasteiger partial charge in [0.2, 0.25) is 0 Å². The Labute approximate surface area is 119 Å². The summed E-state index contributed by atoms with van der Waals surface area (Å²) in [5, 5.41) is 9.78. The molecule has 1 aliphatic rings. The number of methoxy groups -OCH3 is 1. The number of hydrogen-bond donors (Lipinski definition) is 1. The molecule has 1 aliphatic carbocycles. The summed E-state index contributed by atoms with van der Waals surface area (Å²) in [6.07, 6.45) is 3.11. The third-order valence-electron chi connectivity index (χ3n) is 3.92. The summed E-state index contributed by atoms with van der Waals surface area (Å²) in [6.45, 7) is 3.87. The average molecular weight is 278 g/mol. The molecule has 1 aromatic carbocycles. The van der Waals surface area contributed by atoms with Gasteiger partial charge in [-0.3, -0.25) is 4.79 Å². The second-order valence-electron chi connectivity index (χ2n) is 5.59. The molecular formula is C16H22O4. The molecule has 4 nitrogen and oxygen atoms in total. The van der Waals surface area contributed by atoms with E-state index in [1.54, 1.807) is 7.11 Å². The van der Waals surface area contributed by atoms with E-state index in [0.717, 1.165) is 12.8 Å². The molecule has 110 valence electrons. The zero-order chi connectivity index (χ0) is 14.8. The Hall–Kier alpha value is -1.71. The maximum absolute atomic E-state index is 11.9. The van der Waals surface area contributed by atoms with Crippen molar-refractivity contribution in [2.75, 3.05) is 7.11 Å². The van der Waals surface area contributed by atoms with Gasteiger partial charge in [0, 0.05) is 0 Å². The van der Waals surface area contributed by atoms with E-state index >= 15 is 0 Å². The van der Waals surface area contributed by atoms with E-state index in [4.69, 9.17) is 9.47 Å². The lowest BCUT2D eigenvalue weighted by Gasteiger charge is -2.29. The highest BCUT2D eigenvalue weighted by Gasteiger charge is 2.46. The molecule has 0 atom stereocenters. The molecule has 0 aliphatic heterocycles. The second-order valence-corrected chi connectivity index (χ2v) is 5.59. The van der Waals surface area contributed by atoms with Crippen LogP contribution in [-0.4, -0.2) is 24.3 Å². The van der Waals surface area contributed by atoms with E-state index in [0.29, 0.717) is 29.9 Å². The third kappa shape index (κ3) is 2.47. The summed E-state index contributed by atoms with van der Waals surface area (Å²) in [5.74, 6) is 0.448. The standard InChI is InChI=1S/C16H22O4/c1-11(2)20-13-8-6-7-12(19-3)14(13)16(15(17)18)9-4-5-10-16/h6-8,11H,4-5,9-10H2,1-3H3,(H,17,18). The highest BCUT2D eigenvalue weighted by Crippen LogP contribution is 2.49. The van der Waals surface area contributed by atoms with Gasteiger partial charge in [0.15, 0.2) is 0 Å². The van der Waals surface area contributed by atoms with Crippen molar-refractivity contribution in [3.63, 3.8) is 0 Å². The lowest BCUT2D eigenvalue weighted by Crippen LogP contribution is -2.34. The van der Waals surface area contributed by atoms with Crippen LogP contribution in [0.25, 0.3) is 0 Å². The summed E-state index contributed by atoms with van der Waals surface area (Å²) in [5.41, 5.74) is -0.183. The number of aliphatic carboxylic acids is 1. The number of carboxylic acid groups (broad SMARTS) is 1. The Morgan fingerprint density at radius 1 is 1.25 bits per heavy atom. The fraction of sp³-hybridized carbons (Fsp3) is 0.562. The lowest BCUT2D eigenvalue weighted by atomic mass is 9.78. The van der Waals surface area contributed by atoms with Crippen molar-refractivity contribution in [3.8, 4) is 11.5 Å². The third-order valence-corrected chi connectivity index (χ3v) is 3.92. The minimum absolute atomic E-state index is 0.00639. The zero-order valence-corrected chi connectivity index (χ0v) is 12.3. The first-order chi connectivity index (χ1) is 9.51. The molecular weight excluding hydrogens is 256 g/mol. The smallest absolute Gasteiger partial charge is 0.314 e. The van der Waals surface area contributed by atoms with E-state index in [2.05, 4.69) is 0 Å². The normalized spacial score (nSPS) is 17.2. The molecule has 1 N–H and O–H groups in total. The highest BCUT2D eigenvalue weighted by molar-refractivity contribution is 5.84. The minimum atomic E-state index is -0.878. The molecule has 0 saturated heterocycles. The summed E-state index contributed by atoms with van der Waals surface area (Å²) < 4.78 is 11.2. The maximum Gasteiger partial charge on any atom is 0.314 e. The van der Waals surface area contributed by atoms with Gasteiger partial charge in [-0.15, -0.1) is 0 Å². The van der Waals surface area contributed by atoms with Gasteiger partial charge < -0.3 is 14.6 Å². The molecule has 0 bridgehead atoms. The van der Waals surface area contributed by atoms with E-state index in [1.165, 1.54) is 0 Å². The zero-order valence-electron chi connectivity index (χ0n) is 12.3. The molecule has 0 amide bonds. The predicted octanol–water partition coefficient (Wildman–Crippen LogP) is 3.38. The van der Waals surface area contributed by atoms with E-state index in [1.807, 2.05) is 32.0 Å².